The number of para-hydroxylation sites is 2. The minimum atomic E-state index is -0.484. The average Bonchev–Trinajstić information content (AvgIpc) is 2.72. The molecular weight excluding hydrogens is 366 g/mol. The Morgan fingerprint density at radius 2 is 1.34 bits per heavy atom. The minimum absolute atomic E-state index is 0.00356. The molecule has 3 aromatic carbocycles. The van der Waals surface area contributed by atoms with E-state index >= 15 is 0 Å². The number of rotatable bonds is 6. The molecule has 0 aliphatic rings. The third kappa shape index (κ3) is 4.76. The van der Waals surface area contributed by atoms with E-state index in [1.54, 1.807) is 60.7 Å². The molecule has 0 bridgehead atoms. The van der Waals surface area contributed by atoms with Crippen molar-refractivity contribution in [3.8, 4) is 11.5 Å². The summed E-state index contributed by atoms with van der Waals surface area (Å²) in [6.45, 7) is 2.79. The molecule has 146 valence electrons. The lowest BCUT2D eigenvalue weighted by atomic mass is 10.0. The molecule has 0 atom stereocenters. The summed E-state index contributed by atoms with van der Waals surface area (Å²) in [4.78, 5) is 38.5. The van der Waals surface area contributed by atoms with Gasteiger partial charge in [-0.15, -0.1) is 0 Å². The summed E-state index contributed by atoms with van der Waals surface area (Å²) in [5.74, 6) is -0.0755. The molecule has 5 nitrogen and oxygen atoms in total. The van der Waals surface area contributed by atoms with Crippen LogP contribution in [-0.2, 0) is 11.3 Å². The summed E-state index contributed by atoms with van der Waals surface area (Å²) in [5.41, 5.74) is 1.37. The highest BCUT2D eigenvalue weighted by Gasteiger charge is 2.24. The summed E-state index contributed by atoms with van der Waals surface area (Å²) >= 11 is 0. The summed E-state index contributed by atoms with van der Waals surface area (Å²) in [6, 6.07) is 22.8. The molecule has 0 radical (unpaired) electrons. The van der Waals surface area contributed by atoms with E-state index < -0.39 is 11.8 Å². The number of carbonyl (C=O) groups is 3. The molecule has 0 saturated carbocycles. The third-order valence-electron chi connectivity index (χ3n) is 4.44. The van der Waals surface area contributed by atoms with Gasteiger partial charge < -0.3 is 4.74 Å². The van der Waals surface area contributed by atoms with E-state index in [2.05, 4.69) is 0 Å². The van der Waals surface area contributed by atoms with Crippen LogP contribution in [0.5, 0.6) is 11.5 Å². The van der Waals surface area contributed by atoms with Crippen molar-refractivity contribution in [3.63, 3.8) is 0 Å². The highest BCUT2D eigenvalue weighted by atomic mass is 16.5. The van der Waals surface area contributed by atoms with Gasteiger partial charge in [0.2, 0.25) is 5.91 Å². The van der Waals surface area contributed by atoms with Crippen LogP contribution in [0.4, 0.5) is 0 Å². The van der Waals surface area contributed by atoms with Crippen LogP contribution < -0.4 is 4.74 Å². The van der Waals surface area contributed by atoms with Crippen molar-refractivity contribution >= 4 is 17.6 Å². The van der Waals surface area contributed by atoms with Gasteiger partial charge in [-0.25, -0.2) is 0 Å². The van der Waals surface area contributed by atoms with Crippen LogP contribution in [-0.4, -0.2) is 22.5 Å². The van der Waals surface area contributed by atoms with Gasteiger partial charge in [-0.3, -0.25) is 19.3 Å². The van der Waals surface area contributed by atoms with Gasteiger partial charge in [-0.05, 0) is 36.8 Å². The average molecular weight is 387 g/mol. The van der Waals surface area contributed by atoms with Gasteiger partial charge in [-0.2, -0.15) is 0 Å². The summed E-state index contributed by atoms with van der Waals surface area (Å²) in [6.07, 6.45) is 0. The summed E-state index contributed by atoms with van der Waals surface area (Å²) < 4.78 is 5.86. The topological polar surface area (TPSA) is 63.7 Å². The first-order valence-corrected chi connectivity index (χ1v) is 9.20. The van der Waals surface area contributed by atoms with Gasteiger partial charge in [0, 0.05) is 12.5 Å². The van der Waals surface area contributed by atoms with E-state index in [1.165, 1.54) is 13.8 Å². The monoisotopic (exact) mass is 387 g/mol. The van der Waals surface area contributed by atoms with Crippen LogP contribution in [0, 0.1) is 0 Å². The minimum Gasteiger partial charge on any atom is -0.457 e. The number of imide groups is 1. The van der Waals surface area contributed by atoms with Crippen molar-refractivity contribution < 1.29 is 19.1 Å². The Labute approximate surface area is 169 Å². The van der Waals surface area contributed by atoms with Crippen molar-refractivity contribution in [2.24, 2.45) is 0 Å². The van der Waals surface area contributed by atoms with Gasteiger partial charge in [0.25, 0.3) is 5.91 Å². The molecule has 29 heavy (non-hydrogen) atoms. The molecule has 0 N–H and O–H groups in total. The fourth-order valence-electron chi connectivity index (χ4n) is 2.99. The molecule has 0 heterocycles. The normalized spacial score (nSPS) is 10.3. The predicted octanol–water partition coefficient (Wildman–Crippen LogP) is 4.87. The number of hydrogen-bond acceptors (Lipinski definition) is 4. The summed E-state index contributed by atoms with van der Waals surface area (Å²) in [7, 11) is 0. The lowest BCUT2D eigenvalue weighted by molar-refractivity contribution is -0.126. The van der Waals surface area contributed by atoms with E-state index in [4.69, 9.17) is 4.74 Å². The Kier molecular flexibility index (Phi) is 6.19. The molecule has 0 aliphatic carbocycles. The molecule has 0 aliphatic heterocycles. The molecule has 0 aromatic heterocycles. The summed E-state index contributed by atoms with van der Waals surface area (Å²) in [5, 5.41) is 0. The molecule has 3 rings (SSSR count). The Bertz CT molecular complexity index is 1040. The van der Waals surface area contributed by atoms with Gasteiger partial charge in [0.05, 0.1) is 12.1 Å². The molecule has 2 amide bonds. The van der Waals surface area contributed by atoms with Gasteiger partial charge >= 0.3 is 0 Å². The first-order chi connectivity index (χ1) is 14.0. The maximum Gasteiger partial charge on any atom is 0.264 e. The van der Waals surface area contributed by atoms with Crippen molar-refractivity contribution in [2.45, 2.75) is 20.4 Å². The zero-order chi connectivity index (χ0) is 20.8. The molecule has 0 unspecified atom stereocenters. The van der Waals surface area contributed by atoms with E-state index in [0.717, 1.165) is 4.90 Å². The highest BCUT2D eigenvalue weighted by Crippen LogP contribution is 2.27. The fraction of sp³-hybridized carbons (Fsp3) is 0.125. The Morgan fingerprint density at radius 3 is 2.00 bits per heavy atom. The van der Waals surface area contributed by atoms with Crippen LogP contribution in [0.2, 0.25) is 0 Å². The maximum atomic E-state index is 13.2. The molecule has 0 fully saturated rings. The third-order valence-corrected chi connectivity index (χ3v) is 4.44. The Morgan fingerprint density at radius 1 is 0.759 bits per heavy atom. The van der Waals surface area contributed by atoms with Crippen molar-refractivity contribution in [1.29, 1.82) is 0 Å². The highest BCUT2D eigenvalue weighted by molar-refractivity contribution is 6.06. The Hall–Kier alpha value is -3.73. The maximum absolute atomic E-state index is 13.2. The zero-order valence-electron chi connectivity index (χ0n) is 16.3. The molecule has 5 heteroatoms. The molecule has 0 spiro atoms. The first kappa shape index (κ1) is 20.0. The SMILES string of the molecule is CC(=O)c1ccccc1CN(C(C)=O)C(=O)c1ccccc1Oc1ccccc1. The quantitative estimate of drug-likeness (QED) is 0.566. The second-order valence-electron chi connectivity index (χ2n) is 6.53. The van der Waals surface area contributed by atoms with Crippen molar-refractivity contribution in [1.82, 2.24) is 4.90 Å². The van der Waals surface area contributed by atoms with E-state index in [1.807, 2.05) is 18.2 Å². The molecular formula is C24H21NO4. The zero-order valence-corrected chi connectivity index (χ0v) is 16.3. The number of nitrogens with zero attached hydrogens (tertiary/aromatic N) is 1. The number of Topliss-reactive ketones (excluding diaryl/α,β-unsaturated/α-hetero) is 1. The largest absolute Gasteiger partial charge is 0.457 e. The second-order valence-corrected chi connectivity index (χ2v) is 6.53. The number of hydrogen-bond donors (Lipinski definition) is 0. The van der Waals surface area contributed by atoms with E-state index in [9.17, 15) is 14.4 Å². The number of benzene rings is 3. The standard InChI is InChI=1S/C24H21NO4/c1-17(26)21-13-7-6-10-19(21)16-25(18(2)27)24(28)22-14-8-9-15-23(22)29-20-11-4-3-5-12-20/h3-15H,16H2,1-2H3. The lowest BCUT2D eigenvalue weighted by Gasteiger charge is -2.22. The van der Waals surface area contributed by atoms with Gasteiger partial charge in [0.15, 0.2) is 5.78 Å². The Balaban J connectivity index is 1.93. The van der Waals surface area contributed by atoms with E-state index in [0.29, 0.717) is 22.6 Å². The van der Waals surface area contributed by atoms with Crippen LogP contribution in [0.25, 0.3) is 0 Å². The van der Waals surface area contributed by atoms with Crippen molar-refractivity contribution in [3.05, 3.63) is 95.6 Å². The van der Waals surface area contributed by atoms with Crippen LogP contribution >= 0.6 is 0 Å². The predicted molar refractivity (Wildman–Crippen MR) is 110 cm³/mol. The van der Waals surface area contributed by atoms with Crippen LogP contribution in [0.3, 0.4) is 0 Å². The molecule has 3 aromatic rings. The second kappa shape index (κ2) is 8.97. The lowest BCUT2D eigenvalue weighted by Crippen LogP contribution is -2.35. The first-order valence-electron chi connectivity index (χ1n) is 9.20. The molecule has 0 saturated heterocycles. The van der Waals surface area contributed by atoms with E-state index in [-0.39, 0.29) is 17.9 Å². The number of ketones is 1. The van der Waals surface area contributed by atoms with Crippen LogP contribution in [0.1, 0.15) is 40.1 Å². The van der Waals surface area contributed by atoms with Gasteiger partial charge in [0.1, 0.15) is 11.5 Å². The number of ether oxygens (including phenoxy) is 1. The van der Waals surface area contributed by atoms with Crippen LogP contribution in [0.15, 0.2) is 78.9 Å². The smallest absolute Gasteiger partial charge is 0.264 e. The van der Waals surface area contributed by atoms with Gasteiger partial charge in [-0.1, -0.05) is 54.6 Å². The number of carbonyl (C=O) groups excluding carboxylic acids is 3. The fourth-order valence-corrected chi connectivity index (χ4v) is 2.99. The van der Waals surface area contributed by atoms with Crippen molar-refractivity contribution in [2.75, 3.05) is 0 Å². The number of amides is 2.